The second-order valence-corrected chi connectivity index (χ2v) is 13.4. The zero-order chi connectivity index (χ0) is 32.8. The molecule has 0 saturated carbocycles. The second kappa shape index (κ2) is 11.8. The van der Waals surface area contributed by atoms with E-state index in [9.17, 15) is 14.7 Å². The van der Waals surface area contributed by atoms with Gasteiger partial charge in [0.05, 0.1) is 11.0 Å². The van der Waals surface area contributed by atoms with Crippen LogP contribution in [0, 0.1) is 0 Å². The van der Waals surface area contributed by atoms with Gasteiger partial charge in [-0.2, -0.15) is 4.58 Å². The summed E-state index contributed by atoms with van der Waals surface area (Å²) in [5.41, 5.74) is 11.6. The van der Waals surface area contributed by atoms with Gasteiger partial charge >= 0.3 is 5.97 Å². The van der Waals surface area contributed by atoms with E-state index in [1.54, 1.807) is 6.07 Å². The summed E-state index contributed by atoms with van der Waals surface area (Å²) in [6.07, 6.45) is 11.8. The summed E-state index contributed by atoms with van der Waals surface area (Å²) in [4.78, 5) is 24.9. The monoisotopic (exact) mass is 613 g/mol. The van der Waals surface area contributed by atoms with E-state index in [4.69, 9.17) is 4.74 Å². The minimum atomic E-state index is -0.908. The fraction of sp³-hybridized carbons (Fsp3) is 0.275. The lowest BCUT2D eigenvalue weighted by Gasteiger charge is -2.24. The first kappa shape index (κ1) is 31.0. The van der Waals surface area contributed by atoms with Crippen LogP contribution in [-0.4, -0.2) is 41.9 Å². The van der Waals surface area contributed by atoms with Crippen molar-refractivity contribution in [1.82, 2.24) is 0 Å². The molecule has 0 aromatic heterocycles. The van der Waals surface area contributed by atoms with Gasteiger partial charge in [0.25, 0.3) is 6.47 Å². The Balaban J connectivity index is 1.37. The number of likely N-dealkylation sites (N-methyl/N-ethyl adjacent to an activating group) is 1. The maximum Gasteiger partial charge on any atom is 0.335 e. The van der Waals surface area contributed by atoms with Gasteiger partial charge in [-0.1, -0.05) is 56.3 Å². The van der Waals surface area contributed by atoms with Crippen LogP contribution < -0.4 is 9.64 Å². The van der Waals surface area contributed by atoms with E-state index in [0.717, 1.165) is 47.5 Å². The zero-order valence-electron chi connectivity index (χ0n) is 27.4. The molecule has 3 aliphatic rings. The lowest BCUT2D eigenvalue weighted by atomic mass is 9.81. The van der Waals surface area contributed by atoms with Crippen molar-refractivity contribution in [2.24, 2.45) is 0 Å². The molecule has 6 nitrogen and oxygen atoms in total. The molecule has 234 valence electrons. The SMILES string of the molecule is CN1C(=C/C=C2\CCC(C=CC3=[N+](C)c4ccc(OC=O)cc4C3(C)C)=C2Cc2ccccc2)C(C)(C)c2cc(C(=O)O)ccc21. The molecule has 0 radical (unpaired) electrons. The highest BCUT2D eigenvalue weighted by atomic mass is 16.5. The lowest BCUT2D eigenvalue weighted by molar-refractivity contribution is -0.401. The van der Waals surface area contributed by atoms with Gasteiger partial charge in [0.2, 0.25) is 5.69 Å². The number of hydrogen-bond acceptors (Lipinski definition) is 4. The normalized spacial score (nSPS) is 19.8. The van der Waals surface area contributed by atoms with E-state index >= 15 is 0 Å². The van der Waals surface area contributed by atoms with Crippen LogP contribution in [0.2, 0.25) is 0 Å². The molecule has 6 heteroatoms. The van der Waals surface area contributed by atoms with Gasteiger partial charge in [-0.25, -0.2) is 4.79 Å². The molecule has 6 rings (SSSR count). The number of rotatable bonds is 8. The number of nitrogens with zero attached hydrogens (tertiary/aromatic N) is 2. The number of allylic oxidation sites excluding steroid dienone is 8. The summed E-state index contributed by atoms with van der Waals surface area (Å²) in [6.45, 7) is 9.22. The quantitative estimate of drug-likeness (QED) is 0.206. The number of fused-ring (bicyclic) bond motifs is 2. The van der Waals surface area contributed by atoms with E-state index in [0.29, 0.717) is 17.8 Å². The Bertz CT molecular complexity index is 1900. The standard InChI is InChI=1S/C40H40N2O4/c1-39(2)32-23-29(38(44)45)14-18-34(32)41(5)36(39)20-15-27-12-13-28(31(27)22-26-10-8-7-9-11-26)16-21-37-40(3,4)33-24-30(46-25-43)17-19-35(33)42(37)6/h7-11,14-21,23-25H,12-13,22H2,1-6H3/p+1. The maximum absolute atomic E-state index is 11.7. The van der Waals surface area contributed by atoms with Crippen molar-refractivity contribution in [1.29, 1.82) is 0 Å². The number of benzene rings is 3. The van der Waals surface area contributed by atoms with Gasteiger partial charge < -0.3 is 14.7 Å². The van der Waals surface area contributed by atoms with Crippen LogP contribution in [0.1, 0.15) is 67.6 Å². The third-order valence-corrected chi connectivity index (χ3v) is 10.0. The number of hydrogen-bond donors (Lipinski definition) is 1. The Kier molecular flexibility index (Phi) is 7.93. The molecule has 1 N–H and O–H groups in total. The Morgan fingerprint density at radius 2 is 1.70 bits per heavy atom. The molecule has 0 spiro atoms. The summed E-state index contributed by atoms with van der Waals surface area (Å²) >= 11 is 0. The second-order valence-electron chi connectivity index (χ2n) is 13.4. The number of carbonyl (C=O) groups excluding carboxylic acids is 1. The fourth-order valence-corrected chi connectivity index (χ4v) is 7.44. The highest BCUT2D eigenvalue weighted by molar-refractivity contribution is 6.03. The van der Waals surface area contributed by atoms with Crippen molar-refractivity contribution in [3.8, 4) is 5.75 Å². The number of carboxylic acids is 1. The number of carboxylic acid groups (broad SMARTS) is 1. The predicted octanol–water partition coefficient (Wildman–Crippen LogP) is 8.05. The molecule has 0 saturated heterocycles. The molecule has 3 aromatic carbocycles. The van der Waals surface area contributed by atoms with Gasteiger partial charge in [0, 0.05) is 41.6 Å². The van der Waals surface area contributed by atoms with Crippen LogP contribution in [0.3, 0.4) is 0 Å². The van der Waals surface area contributed by atoms with E-state index in [-0.39, 0.29) is 10.8 Å². The summed E-state index contributed by atoms with van der Waals surface area (Å²) in [5.74, 6) is -0.358. The van der Waals surface area contributed by atoms with E-state index in [2.05, 4.69) is 106 Å². The highest BCUT2D eigenvalue weighted by Gasteiger charge is 2.43. The van der Waals surface area contributed by atoms with Crippen LogP contribution >= 0.6 is 0 Å². The van der Waals surface area contributed by atoms with Gasteiger partial charge in [-0.15, -0.1) is 0 Å². The van der Waals surface area contributed by atoms with Crippen LogP contribution in [0.15, 0.2) is 113 Å². The minimum Gasteiger partial charge on any atom is -0.478 e. The molecule has 0 amide bonds. The van der Waals surface area contributed by atoms with Gasteiger partial charge in [-0.3, -0.25) is 4.79 Å². The largest absolute Gasteiger partial charge is 0.478 e. The van der Waals surface area contributed by atoms with Crippen LogP contribution in [0.4, 0.5) is 11.4 Å². The average molecular weight is 614 g/mol. The Labute approximate surface area is 271 Å². The minimum absolute atomic E-state index is 0.265. The highest BCUT2D eigenvalue weighted by Crippen LogP contribution is 2.48. The first-order valence-corrected chi connectivity index (χ1v) is 15.8. The number of carbonyl (C=O) groups is 2. The first-order valence-electron chi connectivity index (χ1n) is 15.8. The van der Waals surface area contributed by atoms with Crippen molar-refractivity contribution in [2.45, 2.75) is 57.8 Å². The molecule has 0 bridgehead atoms. The molecule has 2 aliphatic heterocycles. The molecule has 0 atom stereocenters. The van der Waals surface area contributed by atoms with Crippen LogP contribution in [-0.2, 0) is 22.0 Å². The molecule has 3 aromatic rings. The first-order chi connectivity index (χ1) is 21.9. The molecule has 1 aliphatic carbocycles. The molecular formula is C40H41N2O4+. The molecule has 0 fully saturated rings. The zero-order valence-corrected chi connectivity index (χ0v) is 27.4. The molecular weight excluding hydrogens is 572 g/mol. The van der Waals surface area contributed by atoms with Gasteiger partial charge in [-0.05, 0) is 97.4 Å². The number of ether oxygens (including phenoxy) is 1. The maximum atomic E-state index is 11.7. The summed E-state index contributed by atoms with van der Waals surface area (Å²) < 4.78 is 7.39. The van der Waals surface area contributed by atoms with Crippen molar-refractivity contribution in [3.63, 3.8) is 0 Å². The van der Waals surface area contributed by atoms with Crippen LogP contribution in [0.5, 0.6) is 5.75 Å². The van der Waals surface area contributed by atoms with Gasteiger partial charge in [0.1, 0.15) is 12.8 Å². The van der Waals surface area contributed by atoms with E-state index in [1.165, 1.54) is 28.0 Å². The van der Waals surface area contributed by atoms with Crippen molar-refractivity contribution in [3.05, 3.63) is 136 Å². The number of aromatic carboxylic acids is 1. The molecule has 46 heavy (non-hydrogen) atoms. The summed E-state index contributed by atoms with van der Waals surface area (Å²) in [6, 6.07) is 21.8. The topological polar surface area (TPSA) is 69.8 Å². The summed E-state index contributed by atoms with van der Waals surface area (Å²) in [7, 11) is 4.15. The van der Waals surface area contributed by atoms with E-state index < -0.39 is 5.97 Å². The van der Waals surface area contributed by atoms with Crippen molar-refractivity contribution >= 4 is 29.5 Å². The Morgan fingerprint density at radius 3 is 2.41 bits per heavy atom. The Hall–Kier alpha value is -4.97. The predicted molar refractivity (Wildman–Crippen MR) is 184 cm³/mol. The van der Waals surface area contributed by atoms with Crippen molar-refractivity contribution in [2.75, 3.05) is 19.0 Å². The van der Waals surface area contributed by atoms with Crippen LogP contribution in [0.25, 0.3) is 0 Å². The molecule has 2 heterocycles. The third kappa shape index (κ3) is 5.32. The summed E-state index contributed by atoms with van der Waals surface area (Å²) in [5, 5.41) is 9.60. The van der Waals surface area contributed by atoms with Gasteiger partial charge in [0.15, 0.2) is 5.71 Å². The van der Waals surface area contributed by atoms with E-state index in [1.807, 2.05) is 30.3 Å². The third-order valence-electron chi connectivity index (χ3n) is 10.0. The Morgan fingerprint density at radius 1 is 0.935 bits per heavy atom. The smallest absolute Gasteiger partial charge is 0.335 e. The van der Waals surface area contributed by atoms with Crippen molar-refractivity contribution < 1.29 is 24.0 Å². The number of anilines is 1. The fourth-order valence-electron chi connectivity index (χ4n) is 7.44. The molecule has 0 unspecified atom stereocenters. The average Bonchev–Trinajstić information content (AvgIpc) is 3.56. The lowest BCUT2D eigenvalue weighted by Crippen LogP contribution is -2.26.